The van der Waals surface area contributed by atoms with Crippen molar-refractivity contribution < 1.29 is 14.6 Å². The number of aliphatic hydroxyl groups is 1. The first-order valence-corrected chi connectivity index (χ1v) is 3.34. The van der Waals surface area contributed by atoms with E-state index >= 15 is 0 Å². The summed E-state index contributed by atoms with van der Waals surface area (Å²) in [6, 6.07) is 0. The second-order valence-corrected chi connectivity index (χ2v) is 2.32. The minimum Gasteiger partial charge on any atom is -0.420 e. The number of ether oxygens (including phenoxy) is 1. The smallest absolute Gasteiger partial charge is 0.412 e. The molecule has 4 nitrogen and oxygen atoms in total. The summed E-state index contributed by atoms with van der Waals surface area (Å²) in [5.74, 6) is 0. The second kappa shape index (κ2) is 2.88. The number of nitrogens with zero attached hydrogens (tertiary/aromatic N) is 1. The van der Waals surface area contributed by atoms with Gasteiger partial charge in [0.2, 0.25) is 0 Å². The van der Waals surface area contributed by atoms with Gasteiger partial charge in [-0.2, -0.15) is 0 Å². The van der Waals surface area contributed by atoms with Crippen molar-refractivity contribution in [2.75, 3.05) is 13.1 Å². The van der Waals surface area contributed by atoms with Crippen LogP contribution in [0.25, 0.3) is 0 Å². The normalized spacial score (nSPS) is 19.6. The van der Waals surface area contributed by atoms with Crippen LogP contribution in [-0.4, -0.2) is 35.5 Å². The lowest BCUT2D eigenvalue weighted by atomic mass is 10.2. The van der Waals surface area contributed by atoms with Crippen LogP contribution in [0.4, 0.5) is 4.79 Å². The van der Waals surface area contributed by atoms with Gasteiger partial charge >= 0.3 is 6.09 Å². The Balaban J connectivity index is 2.20. The molecule has 1 atom stereocenters. The Morgan fingerprint density at radius 2 is 2.30 bits per heavy atom. The zero-order chi connectivity index (χ0) is 7.56. The van der Waals surface area contributed by atoms with Crippen LogP contribution in [0.15, 0.2) is 0 Å². The molecular formula is C6H11NO3. The fourth-order valence-corrected chi connectivity index (χ4v) is 0.719. The Labute approximate surface area is 59.4 Å². The summed E-state index contributed by atoms with van der Waals surface area (Å²) in [6.45, 7) is 2.93. The molecule has 0 spiro atoms. The van der Waals surface area contributed by atoms with Gasteiger partial charge in [-0.3, -0.25) is 0 Å². The third-order valence-electron chi connectivity index (χ3n) is 1.39. The van der Waals surface area contributed by atoms with Gasteiger partial charge in [0, 0.05) is 13.1 Å². The summed E-state index contributed by atoms with van der Waals surface area (Å²) < 4.78 is 4.50. The van der Waals surface area contributed by atoms with E-state index in [4.69, 9.17) is 5.11 Å². The molecule has 1 rings (SSSR count). The predicted molar refractivity (Wildman–Crippen MR) is 34.4 cm³/mol. The monoisotopic (exact) mass is 145 g/mol. The zero-order valence-electron chi connectivity index (χ0n) is 5.91. The summed E-state index contributed by atoms with van der Waals surface area (Å²) in [5.41, 5.74) is 0. The predicted octanol–water partition coefficient (Wildman–Crippen LogP) is 0.167. The Kier molecular flexibility index (Phi) is 2.11. The van der Waals surface area contributed by atoms with Crippen LogP contribution in [0.3, 0.4) is 0 Å². The molecule has 0 aliphatic carbocycles. The topological polar surface area (TPSA) is 49.8 Å². The minimum absolute atomic E-state index is 0.416. The molecule has 1 fully saturated rings. The summed E-state index contributed by atoms with van der Waals surface area (Å²) in [4.78, 5) is 12.3. The molecule has 10 heavy (non-hydrogen) atoms. The van der Waals surface area contributed by atoms with Crippen LogP contribution in [0, 0.1) is 0 Å². The van der Waals surface area contributed by atoms with E-state index in [1.54, 1.807) is 4.90 Å². The number of carbonyl (C=O) groups is 1. The quantitative estimate of drug-likeness (QED) is 0.535. The number of carbonyl (C=O) groups excluding carboxylic acids is 1. The van der Waals surface area contributed by atoms with E-state index in [0.29, 0.717) is 0 Å². The van der Waals surface area contributed by atoms with E-state index in [1.165, 1.54) is 6.92 Å². The fourth-order valence-electron chi connectivity index (χ4n) is 0.719. The molecule has 1 N–H and O–H groups in total. The highest BCUT2D eigenvalue weighted by Crippen LogP contribution is 2.07. The Morgan fingerprint density at radius 3 is 2.60 bits per heavy atom. The molecule has 1 aliphatic heterocycles. The zero-order valence-corrected chi connectivity index (χ0v) is 5.91. The summed E-state index contributed by atoms with van der Waals surface area (Å²) in [6.07, 6.45) is -0.371. The van der Waals surface area contributed by atoms with Gasteiger partial charge in [0.05, 0.1) is 0 Å². The van der Waals surface area contributed by atoms with E-state index in [0.717, 1.165) is 19.5 Å². The van der Waals surface area contributed by atoms with Crippen molar-refractivity contribution in [3.05, 3.63) is 0 Å². The van der Waals surface area contributed by atoms with E-state index < -0.39 is 12.4 Å². The minimum atomic E-state index is -0.993. The summed E-state index contributed by atoms with van der Waals surface area (Å²) >= 11 is 0. The van der Waals surface area contributed by atoms with Gasteiger partial charge in [-0.25, -0.2) is 4.79 Å². The molecule has 0 aromatic carbocycles. The van der Waals surface area contributed by atoms with E-state index in [1.807, 2.05) is 0 Å². The maximum Gasteiger partial charge on any atom is 0.412 e. The number of hydrogen-bond acceptors (Lipinski definition) is 3. The van der Waals surface area contributed by atoms with Gasteiger partial charge in [0.1, 0.15) is 0 Å². The van der Waals surface area contributed by atoms with Crippen LogP contribution in [0.5, 0.6) is 0 Å². The van der Waals surface area contributed by atoms with Crippen molar-refractivity contribution in [3.8, 4) is 0 Å². The first-order chi connectivity index (χ1) is 4.70. The maximum atomic E-state index is 10.8. The number of hydrogen-bond donors (Lipinski definition) is 1. The first-order valence-electron chi connectivity index (χ1n) is 3.34. The molecule has 0 bridgehead atoms. The molecule has 0 aromatic rings. The molecule has 0 saturated carbocycles. The Bertz CT molecular complexity index is 131. The molecular weight excluding hydrogens is 134 g/mol. The summed E-state index contributed by atoms with van der Waals surface area (Å²) in [7, 11) is 0. The lowest BCUT2D eigenvalue weighted by molar-refractivity contribution is -0.0560. The van der Waals surface area contributed by atoms with Gasteiger partial charge in [-0.1, -0.05) is 0 Å². The van der Waals surface area contributed by atoms with Crippen LogP contribution in [-0.2, 0) is 4.74 Å². The van der Waals surface area contributed by atoms with Gasteiger partial charge in [-0.05, 0) is 13.3 Å². The van der Waals surface area contributed by atoms with Crippen LogP contribution < -0.4 is 0 Å². The van der Waals surface area contributed by atoms with E-state index in [-0.39, 0.29) is 0 Å². The molecule has 1 saturated heterocycles. The van der Waals surface area contributed by atoms with Gasteiger partial charge < -0.3 is 14.7 Å². The van der Waals surface area contributed by atoms with Crippen molar-refractivity contribution in [1.29, 1.82) is 0 Å². The third kappa shape index (κ3) is 1.60. The van der Waals surface area contributed by atoms with Crippen LogP contribution >= 0.6 is 0 Å². The Hall–Kier alpha value is -0.770. The highest BCUT2D eigenvalue weighted by Gasteiger charge is 2.22. The largest absolute Gasteiger partial charge is 0.420 e. The van der Waals surface area contributed by atoms with Crippen molar-refractivity contribution >= 4 is 6.09 Å². The van der Waals surface area contributed by atoms with Crippen LogP contribution in [0.2, 0.25) is 0 Å². The van der Waals surface area contributed by atoms with E-state index in [2.05, 4.69) is 4.74 Å². The fraction of sp³-hybridized carbons (Fsp3) is 0.833. The molecule has 0 radical (unpaired) electrons. The van der Waals surface area contributed by atoms with Gasteiger partial charge in [0.25, 0.3) is 0 Å². The molecule has 58 valence electrons. The van der Waals surface area contributed by atoms with Gasteiger partial charge in [0.15, 0.2) is 6.29 Å². The lowest BCUT2D eigenvalue weighted by Crippen LogP contribution is -2.43. The molecule has 1 unspecified atom stereocenters. The van der Waals surface area contributed by atoms with Gasteiger partial charge in [-0.15, -0.1) is 0 Å². The number of amides is 1. The van der Waals surface area contributed by atoms with Crippen molar-refractivity contribution in [2.45, 2.75) is 19.6 Å². The van der Waals surface area contributed by atoms with Crippen molar-refractivity contribution in [1.82, 2.24) is 4.90 Å². The molecule has 1 heterocycles. The first kappa shape index (κ1) is 7.34. The maximum absolute atomic E-state index is 10.8. The van der Waals surface area contributed by atoms with Crippen LogP contribution in [0.1, 0.15) is 13.3 Å². The highest BCUT2D eigenvalue weighted by molar-refractivity contribution is 5.68. The summed E-state index contributed by atoms with van der Waals surface area (Å²) in [5, 5.41) is 8.62. The molecule has 0 aromatic heterocycles. The highest BCUT2D eigenvalue weighted by atomic mass is 16.6. The third-order valence-corrected chi connectivity index (χ3v) is 1.39. The number of likely N-dealkylation sites (tertiary alicyclic amines) is 1. The molecule has 1 aliphatic rings. The average Bonchev–Trinajstić information content (AvgIpc) is 1.55. The Morgan fingerprint density at radius 1 is 1.70 bits per heavy atom. The lowest BCUT2D eigenvalue weighted by Gasteiger charge is -2.30. The molecule has 1 amide bonds. The number of aliphatic hydroxyl groups excluding tert-OH is 1. The SMILES string of the molecule is CC(O)OC(=O)N1CCC1. The molecule has 4 heteroatoms. The van der Waals surface area contributed by atoms with Crippen molar-refractivity contribution in [3.63, 3.8) is 0 Å². The number of rotatable bonds is 1. The average molecular weight is 145 g/mol. The van der Waals surface area contributed by atoms with Crippen molar-refractivity contribution in [2.24, 2.45) is 0 Å². The van der Waals surface area contributed by atoms with E-state index in [9.17, 15) is 4.79 Å². The standard InChI is InChI=1S/C6H11NO3/c1-5(8)10-6(9)7-3-2-4-7/h5,8H,2-4H2,1H3. The second-order valence-electron chi connectivity index (χ2n) is 2.32.